The summed E-state index contributed by atoms with van der Waals surface area (Å²) >= 11 is 11.6. The Balaban J connectivity index is 2.05. The quantitative estimate of drug-likeness (QED) is 0.649. The molecule has 1 N–H and O–H groups in total. The molecule has 0 spiro atoms. The molecule has 2 fully saturated rings. The van der Waals surface area contributed by atoms with Crippen LogP contribution in [0.5, 0.6) is 0 Å². The molecule has 3 rings (SSSR count). The van der Waals surface area contributed by atoms with Crippen molar-refractivity contribution in [1.29, 1.82) is 0 Å². The molecule has 3 heterocycles. The van der Waals surface area contributed by atoms with E-state index in [2.05, 4.69) is 9.97 Å². The first kappa shape index (κ1) is 9.33. The van der Waals surface area contributed by atoms with Gasteiger partial charge < -0.3 is 14.7 Å². The predicted molar refractivity (Wildman–Crippen MR) is 63.6 cm³/mol. The van der Waals surface area contributed by atoms with Gasteiger partial charge in [0.05, 0.1) is 27.6 Å². The number of hydrogen-bond donors (Lipinski definition) is 1. The molecule has 2 aliphatic rings. The summed E-state index contributed by atoms with van der Waals surface area (Å²) in [4.78, 5) is 9.48. The maximum atomic E-state index is 9.87. The fourth-order valence-electron chi connectivity index (χ4n) is 2.40. The summed E-state index contributed by atoms with van der Waals surface area (Å²) in [6, 6.07) is 1.50. The number of aliphatic hydroxyl groups is 1. The summed E-state index contributed by atoms with van der Waals surface area (Å²) in [5, 5.41) is 10.0. The Hall–Kier alpha value is -0.620. The van der Waals surface area contributed by atoms with Crippen LogP contribution in [0.3, 0.4) is 0 Å². The second-order valence-electron chi connectivity index (χ2n) is 4.21. The van der Waals surface area contributed by atoms with Crippen LogP contribution in [-0.4, -0.2) is 46.4 Å². The van der Waals surface area contributed by atoms with Gasteiger partial charge in [0.2, 0.25) is 5.28 Å². The molecule has 0 radical (unpaired) electrons. The van der Waals surface area contributed by atoms with Gasteiger partial charge in [0.1, 0.15) is 11.0 Å². The topological polar surface area (TPSA) is 58.5 Å². The van der Waals surface area contributed by atoms with Crippen LogP contribution < -0.4 is 4.90 Å². The van der Waals surface area contributed by atoms with Gasteiger partial charge in [-0.3, -0.25) is 0 Å². The Morgan fingerprint density at radius 3 is 3.12 bits per heavy atom. The summed E-state index contributed by atoms with van der Waals surface area (Å²) in [6.45, 7) is -1.88. The van der Waals surface area contributed by atoms with E-state index < -0.39 is 12.1 Å². The summed E-state index contributed by atoms with van der Waals surface area (Å²) in [7, 11) is 0. The standard InChI is InChI=1S/C10H11Cl2N3O2/c11-7-1-8(14-9(12)13-7)15-3-6-2-10(15,4-16)5-17-6/h1,6,16H,2-5H2/t6-,10+/m0/s1/i4D2. The van der Waals surface area contributed by atoms with E-state index in [4.69, 9.17) is 30.7 Å². The monoisotopic (exact) mass is 277 g/mol. The predicted octanol–water partition coefficient (Wildman–Crippen LogP) is 1.12. The van der Waals surface area contributed by atoms with Crippen molar-refractivity contribution in [3.63, 3.8) is 0 Å². The number of hydrogen-bond acceptors (Lipinski definition) is 5. The van der Waals surface area contributed by atoms with Crippen LogP contribution in [0, 0.1) is 0 Å². The number of halogens is 2. The van der Waals surface area contributed by atoms with E-state index in [0.29, 0.717) is 18.8 Å². The van der Waals surface area contributed by atoms with Crippen molar-refractivity contribution in [3.05, 3.63) is 16.5 Å². The molecule has 1 aromatic rings. The Bertz CT molecular complexity index is 508. The first-order valence-electron chi connectivity index (χ1n) is 6.13. The van der Waals surface area contributed by atoms with E-state index in [1.54, 1.807) is 4.90 Å². The fraction of sp³-hybridized carbons (Fsp3) is 0.600. The van der Waals surface area contributed by atoms with Gasteiger partial charge in [0.25, 0.3) is 0 Å². The van der Waals surface area contributed by atoms with Gasteiger partial charge in [0.15, 0.2) is 0 Å². The fourth-order valence-corrected chi connectivity index (χ4v) is 2.80. The molecule has 5 nitrogen and oxygen atoms in total. The van der Waals surface area contributed by atoms with Gasteiger partial charge >= 0.3 is 0 Å². The lowest BCUT2D eigenvalue weighted by atomic mass is 10.0. The van der Waals surface area contributed by atoms with Crippen LogP contribution in [0.15, 0.2) is 6.07 Å². The molecule has 2 atom stereocenters. The minimum atomic E-state index is -2.41. The zero-order valence-corrected chi connectivity index (χ0v) is 10.2. The lowest BCUT2D eigenvalue weighted by Crippen LogP contribution is -2.51. The number of ether oxygens (including phenoxy) is 1. The molecule has 0 unspecified atom stereocenters. The molecule has 2 bridgehead atoms. The van der Waals surface area contributed by atoms with E-state index in [-0.39, 0.29) is 23.1 Å². The number of fused-ring (bicyclic) bond motifs is 2. The van der Waals surface area contributed by atoms with Crippen LogP contribution >= 0.6 is 23.2 Å². The minimum absolute atomic E-state index is 0.0140. The molecule has 17 heavy (non-hydrogen) atoms. The zero-order valence-electron chi connectivity index (χ0n) is 10.7. The molecule has 92 valence electrons. The van der Waals surface area contributed by atoms with Gasteiger partial charge in [-0.1, -0.05) is 11.6 Å². The lowest BCUT2D eigenvalue weighted by Gasteiger charge is -2.37. The smallest absolute Gasteiger partial charge is 0.225 e. The number of rotatable bonds is 2. The van der Waals surface area contributed by atoms with E-state index >= 15 is 0 Å². The Kier molecular flexibility index (Phi) is 2.17. The minimum Gasteiger partial charge on any atom is -0.394 e. The van der Waals surface area contributed by atoms with Gasteiger partial charge in [0, 0.05) is 19.0 Å². The first-order valence-corrected chi connectivity index (χ1v) is 5.89. The number of aromatic nitrogens is 2. The maximum Gasteiger partial charge on any atom is 0.225 e. The molecule has 2 aliphatic heterocycles. The highest BCUT2D eigenvalue weighted by Crippen LogP contribution is 2.40. The molecule has 0 aliphatic carbocycles. The van der Waals surface area contributed by atoms with Crippen LogP contribution in [0.4, 0.5) is 5.82 Å². The Labute approximate surface area is 111 Å². The highest BCUT2D eigenvalue weighted by Gasteiger charge is 2.52. The normalized spacial score (nSPS) is 33.8. The summed E-state index contributed by atoms with van der Waals surface area (Å²) in [5.74, 6) is 0.397. The average molecular weight is 278 g/mol. The van der Waals surface area contributed by atoms with Gasteiger partial charge in [-0.2, -0.15) is 0 Å². The summed E-state index contributed by atoms with van der Waals surface area (Å²) < 4.78 is 20.8. The number of morpholine rings is 1. The van der Waals surface area contributed by atoms with Crippen molar-refractivity contribution in [2.75, 3.05) is 24.6 Å². The third-order valence-electron chi connectivity index (χ3n) is 3.16. The molecule has 2 saturated heterocycles. The summed E-state index contributed by atoms with van der Waals surface area (Å²) in [5.41, 5.74) is -1.15. The number of nitrogens with zero attached hydrogens (tertiary/aromatic N) is 3. The summed E-state index contributed by atoms with van der Waals surface area (Å²) in [6.07, 6.45) is 0.269. The van der Waals surface area contributed by atoms with E-state index in [1.165, 1.54) is 6.07 Å². The van der Waals surface area contributed by atoms with Crippen molar-refractivity contribution >= 4 is 29.0 Å². The van der Waals surface area contributed by atoms with Crippen molar-refractivity contribution in [1.82, 2.24) is 9.97 Å². The van der Waals surface area contributed by atoms with E-state index in [0.717, 1.165) is 0 Å². The van der Waals surface area contributed by atoms with Gasteiger partial charge in [-0.15, -0.1) is 0 Å². The second-order valence-corrected chi connectivity index (χ2v) is 4.93. The molecule has 0 aromatic carbocycles. The first-order chi connectivity index (χ1) is 8.82. The molecule has 7 heteroatoms. The maximum absolute atomic E-state index is 9.87. The van der Waals surface area contributed by atoms with Gasteiger partial charge in [-0.05, 0) is 11.6 Å². The molecule has 0 amide bonds. The highest BCUT2D eigenvalue weighted by molar-refractivity contribution is 6.32. The third kappa shape index (κ3) is 1.78. The van der Waals surface area contributed by atoms with Crippen molar-refractivity contribution in [3.8, 4) is 0 Å². The third-order valence-corrected chi connectivity index (χ3v) is 3.53. The van der Waals surface area contributed by atoms with E-state index in [1.807, 2.05) is 0 Å². The zero-order chi connectivity index (χ0) is 13.8. The van der Waals surface area contributed by atoms with Crippen molar-refractivity contribution < 1.29 is 12.6 Å². The molecular formula is C10H11Cl2N3O2. The van der Waals surface area contributed by atoms with Gasteiger partial charge in [-0.25, -0.2) is 9.97 Å². The van der Waals surface area contributed by atoms with Crippen molar-refractivity contribution in [2.45, 2.75) is 18.1 Å². The Morgan fingerprint density at radius 2 is 2.47 bits per heavy atom. The second kappa shape index (κ2) is 3.95. The molecule has 0 saturated carbocycles. The molecule has 1 aromatic heterocycles. The largest absolute Gasteiger partial charge is 0.394 e. The van der Waals surface area contributed by atoms with Crippen LogP contribution in [0.1, 0.15) is 9.16 Å². The average Bonchev–Trinajstić information content (AvgIpc) is 2.85. The van der Waals surface area contributed by atoms with E-state index in [9.17, 15) is 5.11 Å². The number of anilines is 1. The lowest BCUT2D eigenvalue weighted by molar-refractivity contribution is 0.0686. The van der Waals surface area contributed by atoms with Crippen molar-refractivity contribution in [2.24, 2.45) is 0 Å². The molecular weight excluding hydrogens is 265 g/mol. The highest BCUT2D eigenvalue weighted by atomic mass is 35.5. The van der Waals surface area contributed by atoms with Crippen LogP contribution in [0.2, 0.25) is 10.4 Å². The SMILES string of the molecule is [2H]C([2H])(O)[C@]12CO[C@H](CN1c1cc(Cl)nc(Cl)n1)C2. The van der Waals surface area contributed by atoms with Crippen LogP contribution in [0.25, 0.3) is 0 Å². The van der Waals surface area contributed by atoms with Crippen LogP contribution in [-0.2, 0) is 4.74 Å². The Morgan fingerprint density at radius 1 is 1.65 bits per heavy atom.